The molecule has 24 heavy (non-hydrogen) atoms. The lowest BCUT2D eigenvalue weighted by Gasteiger charge is -2.35. The van der Waals surface area contributed by atoms with Crippen LogP contribution >= 0.6 is 11.6 Å². The Morgan fingerprint density at radius 3 is 2.83 bits per heavy atom. The molecule has 2 aliphatic heterocycles. The molecular formula is C18H21ClN4O. The standard InChI is InChI=1S/C18H21ClN4O/c1-12-6-18(21-11-20-12)22-15-7-16-10-24-17(9-23(16)8-15)13-2-4-14(19)5-3-13/h2-6,11,15-17H,7-10H2,1H3,(H,20,21,22)/t15-,16+,17-/m1/s1. The highest BCUT2D eigenvalue weighted by molar-refractivity contribution is 6.30. The van der Waals surface area contributed by atoms with Gasteiger partial charge in [-0.15, -0.1) is 0 Å². The predicted molar refractivity (Wildman–Crippen MR) is 94.3 cm³/mol. The van der Waals surface area contributed by atoms with Crippen molar-refractivity contribution in [1.82, 2.24) is 14.9 Å². The Balaban J connectivity index is 1.39. The van der Waals surface area contributed by atoms with Crippen LogP contribution in [0.2, 0.25) is 5.02 Å². The number of rotatable bonds is 3. The normalized spacial score (nSPS) is 27.0. The average molecular weight is 345 g/mol. The Labute approximate surface area is 147 Å². The van der Waals surface area contributed by atoms with Gasteiger partial charge in [0.25, 0.3) is 0 Å². The van der Waals surface area contributed by atoms with E-state index in [0.717, 1.165) is 42.7 Å². The molecule has 1 aromatic carbocycles. The largest absolute Gasteiger partial charge is 0.371 e. The maximum absolute atomic E-state index is 6.10. The van der Waals surface area contributed by atoms with Gasteiger partial charge >= 0.3 is 0 Å². The minimum Gasteiger partial charge on any atom is -0.371 e. The lowest BCUT2D eigenvalue weighted by atomic mass is 10.1. The van der Waals surface area contributed by atoms with Gasteiger partial charge in [0.1, 0.15) is 12.1 Å². The monoisotopic (exact) mass is 344 g/mol. The van der Waals surface area contributed by atoms with Crippen LogP contribution in [0.4, 0.5) is 5.82 Å². The van der Waals surface area contributed by atoms with E-state index < -0.39 is 0 Å². The lowest BCUT2D eigenvalue weighted by Crippen LogP contribution is -2.42. The van der Waals surface area contributed by atoms with Gasteiger partial charge in [-0.3, -0.25) is 4.90 Å². The van der Waals surface area contributed by atoms with E-state index in [1.54, 1.807) is 6.33 Å². The van der Waals surface area contributed by atoms with Crippen LogP contribution in [0.25, 0.3) is 0 Å². The van der Waals surface area contributed by atoms with Crippen molar-refractivity contribution in [3.63, 3.8) is 0 Å². The van der Waals surface area contributed by atoms with Crippen LogP contribution in [-0.4, -0.2) is 46.6 Å². The van der Waals surface area contributed by atoms with Crippen molar-refractivity contribution in [2.24, 2.45) is 0 Å². The summed E-state index contributed by atoms with van der Waals surface area (Å²) in [6.45, 7) is 4.69. The van der Waals surface area contributed by atoms with Gasteiger partial charge in [-0.2, -0.15) is 0 Å². The van der Waals surface area contributed by atoms with Crippen LogP contribution in [0.1, 0.15) is 23.8 Å². The van der Waals surface area contributed by atoms with Crippen molar-refractivity contribution in [1.29, 1.82) is 0 Å². The zero-order valence-corrected chi connectivity index (χ0v) is 14.4. The molecule has 3 heterocycles. The van der Waals surface area contributed by atoms with Crippen molar-refractivity contribution in [2.75, 3.05) is 25.0 Å². The first kappa shape index (κ1) is 15.8. The number of anilines is 1. The third-order valence-corrected chi connectivity index (χ3v) is 5.07. The molecule has 2 saturated heterocycles. The van der Waals surface area contributed by atoms with Gasteiger partial charge in [-0.1, -0.05) is 23.7 Å². The molecule has 6 heteroatoms. The minimum absolute atomic E-state index is 0.124. The fourth-order valence-corrected chi connectivity index (χ4v) is 3.73. The van der Waals surface area contributed by atoms with Gasteiger partial charge in [0.15, 0.2) is 0 Å². The van der Waals surface area contributed by atoms with Crippen LogP contribution in [0, 0.1) is 6.92 Å². The van der Waals surface area contributed by atoms with E-state index in [-0.39, 0.29) is 6.10 Å². The molecule has 0 saturated carbocycles. The number of aromatic nitrogens is 2. The lowest BCUT2D eigenvalue weighted by molar-refractivity contribution is -0.0501. The fourth-order valence-electron chi connectivity index (χ4n) is 3.60. The zero-order valence-electron chi connectivity index (χ0n) is 13.7. The molecule has 2 fully saturated rings. The second-order valence-electron chi connectivity index (χ2n) is 6.60. The molecule has 0 spiro atoms. The maximum Gasteiger partial charge on any atom is 0.129 e. The number of ether oxygens (including phenoxy) is 1. The number of halogens is 1. The number of aryl methyl sites for hydroxylation is 1. The molecule has 4 rings (SSSR count). The summed E-state index contributed by atoms with van der Waals surface area (Å²) < 4.78 is 6.10. The molecule has 1 N–H and O–H groups in total. The van der Waals surface area contributed by atoms with Crippen molar-refractivity contribution < 1.29 is 4.74 Å². The SMILES string of the molecule is Cc1cc(N[C@@H]2C[C@H]3CO[C@@H](c4ccc(Cl)cc4)CN3C2)ncn1. The summed E-state index contributed by atoms with van der Waals surface area (Å²) in [5.41, 5.74) is 2.18. The van der Waals surface area contributed by atoms with E-state index in [4.69, 9.17) is 16.3 Å². The summed E-state index contributed by atoms with van der Waals surface area (Å²) in [5, 5.41) is 4.30. The summed E-state index contributed by atoms with van der Waals surface area (Å²) in [6, 6.07) is 10.8. The van der Waals surface area contributed by atoms with E-state index in [1.807, 2.05) is 25.1 Å². The van der Waals surface area contributed by atoms with E-state index in [2.05, 4.69) is 32.3 Å². The highest BCUT2D eigenvalue weighted by Crippen LogP contribution is 2.31. The summed E-state index contributed by atoms with van der Waals surface area (Å²) in [6.07, 6.45) is 2.81. The van der Waals surface area contributed by atoms with Crippen LogP contribution < -0.4 is 5.32 Å². The molecule has 2 aliphatic rings. The summed E-state index contributed by atoms with van der Waals surface area (Å²) >= 11 is 5.98. The molecule has 126 valence electrons. The van der Waals surface area contributed by atoms with Crippen LogP contribution in [-0.2, 0) is 4.74 Å². The Morgan fingerprint density at radius 2 is 2.04 bits per heavy atom. The van der Waals surface area contributed by atoms with Crippen LogP contribution in [0.3, 0.4) is 0 Å². The van der Waals surface area contributed by atoms with Crippen molar-refractivity contribution >= 4 is 17.4 Å². The molecule has 5 nitrogen and oxygen atoms in total. The minimum atomic E-state index is 0.124. The number of morpholine rings is 1. The molecule has 3 atom stereocenters. The van der Waals surface area contributed by atoms with E-state index >= 15 is 0 Å². The number of nitrogens with zero attached hydrogens (tertiary/aromatic N) is 3. The summed E-state index contributed by atoms with van der Waals surface area (Å²) in [5.74, 6) is 0.905. The second-order valence-corrected chi connectivity index (χ2v) is 7.04. The van der Waals surface area contributed by atoms with E-state index in [0.29, 0.717) is 12.1 Å². The molecule has 0 bridgehead atoms. The molecule has 1 aromatic heterocycles. The Kier molecular flexibility index (Phi) is 4.39. The van der Waals surface area contributed by atoms with Crippen LogP contribution in [0.15, 0.2) is 36.7 Å². The third kappa shape index (κ3) is 3.38. The van der Waals surface area contributed by atoms with Gasteiger partial charge in [-0.05, 0) is 31.0 Å². The van der Waals surface area contributed by atoms with E-state index in [1.165, 1.54) is 5.56 Å². The number of nitrogens with one attached hydrogen (secondary N) is 1. The molecule has 0 radical (unpaired) electrons. The highest BCUT2D eigenvalue weighted by atomic mass is 35.5. The van der Waals surface area contributed by atoms with Gasteiger partial charge in [0.05, 0.1) is 12.7 Å². The number of hydrogen-bond donors (Lipinski definition) is 1. The molecular weight excluding hydrogens is 324 g/mol. The van der Waals surface area contributed by atoms with Crippen LogP contribution in [0.5, 0.6) is 0 Å². The van der Waals surface area contributed by atoms with Crippen molar-refractivity contribution in [3.8, 4) is 0 Å². The fraction of sp³-hybridized carbons (Fsp3) is 0.444. The van der Waals surface area contributed by atoms with Gasteiger partial charge in [-0.25, -0.2) is 9.97 Å². The molecule has 0 unspecified atom stereocenters. The van der Waals surface area contributed by atoms with Gasteiger partial charge in [0.2, 0.25) is 0 Å². The Hall–Kier alpha value is -1.69. The number of hydrogen-bond acceptors (Lipinski definition) is 5. The first-order valence-corrected chi connectivity index (χ1v) is 8.71. The van der Waals surface area contributed by atoms with Gasteiger partial charge in [0, 0.05) is 42.0 Å². The summed E-state index contributed by atoms with van der Waals surface area (Å²) in [7, 11) is 0. The van der Waals surface area contributed by atoms with E-state index in [9.17, 15) is 0 Å². The molecule has 2 aromatic rings. The molecule has 0 aliphatic carbocycles. The van der Waals surface area contributed by atoms with Crippen molar-refractivity contribution in [2.45, 2.75) is 31.5 Å². The third-order valence-electron chi connectivity index (χ3n) is 4.82. The van der Waals surface area contributed by atoms with Crippen molar-refractivity contribution in [3.05, 3.63) is 52.9 Å². The smallest absolute Gasteiger partial charge is 0.129 e. The first-order valence-electron chi connectivity index (χ1n) is 8.33. The second kappa shape index (κ2) is 6.67. The predicted octanol–water partition coefficient (Wildman–Crippen LogP) is 3.06. The number of fused-ring (bicyclic) bond motifs is 1. The van der Waals surface area contributed by atoms with Gasteiger partial charge < -0.3 is 10.1 Å². The highest BCUT2D eigenvalue weighted by Gasteiger charge is 2.37. The molecule has 0 amide bonds. The zero-order chi connectivity index (χ0) is 16.5. The Bertz CT molecular complexity index is 708. The number of benzene rings is 1. The first-order chi connectivity index (χ1) is 11.7. The quantitative estimate of drug-likeness (QED) is 0.927. The average Bonchev–Trinajstić information content (AvgIpc) is 2.97. The topological polar surface area (TPSA) is 50.3 Å². The maximum atomic E-state index is 6.10. The Morgan fingerprint density at radius 1 is 1.21 bits per heavy atom. The summed E-state index contributed by atoms with van der Waals surface area (Å²) in [4.78, 5) is 11.0.